The number of halogens is 1. The van der Waals surface area contributed by atoms with Gasteiger partial charge in [-0.3, -0.25) is 0 Å². The molecule has 1 atom stereocenters. The van der Waals surface area contributed by atoms with E-state index in [4.69, 9.17) is 4.74 Å². The standard InChI is InChI=1S/C12H17BrN2O/c1-16-12-5-4-9(13)7-11(12)15-8-10-3-2-6-14-10/h4-5,7,10,14-15H,2-3,6,8H2,1H3. The number of hydrogen-bond donors (Lipinski definition) is 2. The Hall–Kier alpha value is -0.740. The lowest BCUT2D eigenvalue weighted by Crippen LogP contribution is -2.29. The van der Waals surface area contributed by atoms with Crippen LogP contribution in [0.5, 0.6) is 5.75 Å². The fourth-order valence-electron chi connectivity index (χ4n) is 1.98. The van der Waals surface area contributed by atoms with E-state index in [2.05, 4.69) is 26.6 Å². The largest absolute Gasteiger partial charge is 0.495 e. The zero-order chi connectivity index (χ0) is 11.4. The van der Waals surface area contributed by atoms with Crippen molar-refractivity contribution in [1.29, 1.82) is 0 Å². The molecule has 3 nitrogen and oxygen atoms in total. The van der Waals surface area contributed by atoms with Crippen molar-refractivity contribution in [3.63, 3.8) is 0 Å². The van der Waals surface area contributed by atoms with Gasteiger partial charge in [-0.25, -0.2) is 0 Å². The average molecular weight is 285 g/mol. The molecule has 0 saturated carbocycles. The molecule has 0 spiro atoms. The smallest absolute Gasteiger partial charge is 0.142 e. The van der Waals surface area contributed by atoms with Gasteiger partial charge < -0.3 is 15.4 Å². The fraction of sp³-hybridized carbons (Fsp3) is 0.500. The van der Waals surface area contributed by atoms with Crippen molar-refractivity contribution in [2.24, 2.45) is 0 Å². The summed E-state index contributed by atoms with van der Waals surface area (Å²) in [4.78, 5) is 0. The quantitative estimate of drug-likeness (QED) is 0.892. The van der Waals surface area contributed by atoms with Crippen molar-refractivity contribution >= 4 is 21.6 Å². The molecule has 1 aliphatic heterocycles. The van der Waals surface area contributed by atoms with Crippen LogP contribution < -0.4 is 15.4 Å². The molecule has 0 aliphatic carbocycles. The summed E-state index contributed by atoms with van der Waals surface area (Å²) in [6.07, 6.45) is 2.53. The van der Waals surface area contributed by atoms with E-state index in [1.54, 1.807) is 7.11 Å². The first-order chi connectivity index (χ1) is 7.79. The van der Waals surface area contributed by atoms with Gasteiger partial charge in [-0.05, 0) is 37.6 Å². The monoisotopic (exact) mass is 284 g/mol. The number of anilines is 1. The summed E-state index contributed by atoms with van der Waals surface area (Å²) in [5, 5.41) is 6.89. The Bertz CT molecular complexity index is 351. The Labute approximate surface area is 105 Å². The van der Waals surface area contributed by atoms with Gasteiger partial charge in [-0.1, -0.05) is 15.9 Å². The van der Waals surface area contributed by atoms with E-state index in [-0.39, 0.29) is 0 Å². The van der Waals surface area contributed by atoms with Gasteiger partial charge in [0.15, 0.2) is 0 Å². The van der Waals surface area contributed by atoms with Crippen molar-refractivity contribution in [3.8, 4) is 5.75 Å². The molecule has 0 aromatic heterocycles. The molecule has 16 heavy (non-hydrogen) atoms. The molecule has 1 fully saturated rings. The highest BCUT2D eigenvalue weighted by molar-refractivity contribution is 9.10. The lowest BCUT2D eigenvalue weighted by atomic mass is 10.2. The number of benzene rings is 1. The Kier molecular flexibility index (Phi) is 4.07. The summed E-state index contributed by atoms with van der Waals surface area (Å²) in [5.41, 5.74) is 1.05. The van der Waals surface area contributed by atoms with E-state index in [1.807, 2.05) is 18.2 Å². The highest BCUT2D eigenvalue weighted by Gasteiger charge is 2.14. The molecule has 1 unspecified atom stereocenters. The highest BCUT2D eigenvalue weighted by atomic mass is 79.9. The third-order valence-corrected chi connectivity index (χ3v) is 3.36. The zero-order valence-electron chi connectivity index (χ0n) is 9.42. The van der Waals surface area contributed by atoms with Gasteiger partial charge in [0.05, 0.1) is 12.8 Å². The van der Waals surface area contributed by atoms with Crippen LogP contribution in [0.15, 0.2) is 22.7 Å². The number of rotatable bonds is 4. The minimum atomic E-state index is 0.587. The van der Waals surface area contributed by atoms with E-state index in [0.717, 1.165) is 29.0 Å². The molecule has 1 heterocycles. The van der Waals surface area contributed by atoms with Crippen LogP contribution in [0.1, 0.15) is 12.8 Å². The first-order valence-corrected chi connectivity index (χ1v) is 6.39. The van der Waals surface area contributed by atoms with Crippen LogP contribution in [0.4, 0.5) is 5.69 Å². The molecule has 0 bridgehead atoms. The summed E-state index contributed by atoms with van der Waals surface area (Å²) in [5.74, 6) is 0.890. The molecule has 1 aromatic rings. The molecular weight excluding hydrogens is 268 g/mol. The third-order valence-electron chi connectivity index (χ3n) is 2.86. The van der Waals surface area contributed by atoms with Crippen molar-refractivity contribution in [1.82, 2.24) is 5.32 Å². The van der Waals surface area contributed by atoms with Crippen molar-refractivity contribution in [3.05, 3.63) is 22.7 Å². The van der Waals surface area contributed by atoms with Crippen molar-refractivity contribution in [2.75, 3.05) is 25.5 Å². The van der Waals surface area contributed by atoms with Gasteiger partial charge in [0.1, 0.15) is 5.75 Å². The van der Waals surface area contributed by atoms with Gasteiger partial charge in [0, 0.05) is 17.1 Å². The van der Waals surface area contributed by atoms with Crippen LogP contribution in [-0.2, 0) is 0 Å². The predicted molar refractivity (Wildman–Crippen MR) is 70.2 cm³/mol. The molecule has 0 radical (unpaired) electrons. The second-order valence-corrected chi connectivity index (χ2v) is 4.93. The number of ether oxygens (including phenoxy) is 1. The molecule has 2 rings (SSSR count). The Morgan fingerprint density at radius 2 is 2.44 bits per heavy atom. The third kappa shape index (κ3) is 2.89. The topological polar surface area (TPSA) is 33.3 Å². The van der Waals surface area contributed by atoms with Gasteiger partial charge in [0.2, 0.25) is 0 Å². The van der Waals surface area contributed by atoms with Gasteiger partial charge in [-0.2, -0.15) is 0 Å². The van der Waals surface area contributed by atoms with Gasteiger partial charge in [0.25, 0.3) is 0 Å². The highest BCUT2D eigenvalue weighted by Crippen LogP contribution is 2.27. The van der Waals surface area contributed by atoms with Crippen LogP contribution in [0.3, 0.4) is 0 Å². The summed E-state index contributed by atoms with van der Waals surface area (Å²) < 4.78 is 6.38. The minimum absolute atomic E-state index is 0.587. The Morgan fingerprint density at radius 1 is 1.56 bits per heavy atom. The van der Waals surface area contributed by atoms with Crippen LogP contribution in [0.2, 0.25) is 0 Å². The van der Waals surface area contributed by atoms with Crippen LogP contribution in [-0.4, -0.2) is 26.2 Å². The maximum atomic E-state index is 5.31. The molecular formula is C12H17BrN2O. The summed E-state index contributed by atoms with van der Waals surface area (Å²) in [6, 6.07) is 6.59. The van der Waals surface area contributed by atoms with Crippen LogP contribution in [0, 0.1) is 0 Å². The van der Waals surface area contributed by atoms with Crippen molar-refractivity contribution < 1.29 is 4.74 Å². The van der Waals surface area contributed by atoms with E-state index < -0.39 is 0 Å². The lowest BCUT2D eigenvalue weighted by Gasteiger charge is -2.15. The van der Waals surface area contributed by atoms with Crippen LogP contribution in [0.25, 0.3) is 0 Å². The molecule has 2 N–H and O–H groups in total. The number of methoxy groups -OCH3 is 1. The predicted octanol–water partition coefficient (Wildman–Crippen LogP) is 2.62. The fourth-order valence-corrected chi connectivity index (χ4v) is 2.34. The van der Waals surface area contributed by atoms with E-state index in [9.17, 15) is 0 Å². The summed E-state index contributed by atoms with van der Waals surface area (Å²) in [7, 11) is 1.70. The lowest BCUT2D eigenvalue weighted by molar-refractivity contribution is 0.416. The summed E-state index contributed by atoms with van der Waals surface area (Å²) >= 11 is 3.47. The molecule has 1 aliphatic rings. The summed E-state index contributed by atoms with van der Waals surface area (Å²) in [6.45, 7) is 2.09. The number of nitrogens with one attached hydrogen (secondary N) is 2. The molecule has 1 aromatic carbocycles. The Balaban J connectivity index is 1.98. The first kappa shape index (κ1) is 11.7. The van der Waals surface area contributed by atoms with E-state index in [0.29, 0.717) is 6.04 Å². The zero-order valence-corrected chi connectivity index (χ0v) is 11.0. The molecule has 88 valence electrons. The SMILES string of the molecule is COc1ccc(Br)cc1NCC1CCCN1. The normalized spacial score (nSPS) is 19.8. The second kappa shape index (κ2) is 5.55. The van der Waals surface area contributed by atoms with Crippen molar-refractivity contribution in [2.45, 2.75) is 18.9 Å². The van der Waals surface area contributed by atoms with E-state index in [1.165, 1.54) is 12.8 Å². The molecule has 0 amide bonds. The first-order valence-electron chi connectivity index (χ1n) is 5.60. The second-order valence-electron chi connectivity index (χ2n) is 4.02. The maximum Gasteiger partial charge on any atom is 0.142 e. The molecule has 4 heteroatoms. The molecule has 1 saturated heterocycles. The average Bonchev–Trinajstić information content (AvgIpc) is 2.79. The van der Waals surface area contributed by atoms with E-state index >= 15 is 0 Å². The number of hydrogen-bond acceptors (Lipinski definition) is 3. The van der Waals surface area contributed by atoms with Crippen LogP contribution >= 0.6 is 15.9 Å². The van der Waals surface area contributed by atoms with Gasteiger partial charge >= 0.3 is 0 Å². The Morgan fingerprint density at radius 3 is 3.12 bits per heavy atom. The minimum Gasteiger partial charge on any atom is -0.495 e. The van der Waals surface area contributed by atoms with Gasteiger partial charge in [-0.15, -0.1) is 0 Å². The maximum absolute atomic E-state index is 5.31.